The third-order valence-corrected chi connectivity index (χ3v) is 4.33. The van der Waals surface area contributed by atoms with Crippen LogP contribution in [0.15, 0.2) is 30.3 Å². The van der Waals surface area contributed by atoms with Crippen molar-refractivity contribution in [2.75, 3.05) is 13.6 Å². The SMILES string of the molecule is CCC(Cc1ccccc1)N(C)C(=O)[C@@H]1CC[C@H](CN)O1.Cl. The maximum absolute atomic E-state index is 12.6. The van der Waals surface area contributed by atoms with Gasteiger partial charge in [-0.3, -0.25) is 4.79 Å². The average molecular weight is 327 g/mol. The van der Waals surface area contributed by atoms with Crippen LogP contribution in [0, 0.1) is 0 Å². The Kier molecular flexibility index (Phi) is 7.87. The van der Waals surface area contributed by atoms with Crippen LogP contribution >= 0.6 is 12.4 Å². The lowest BCUT2D eigenvalue weighted by Gasteiger charge is -2.29. The highest BCUT2D eigenvalue weighted by atomic mass is 35.5. The van der Waals surface area contributed by atoms with Crippen LogP contribution in [0.25, 0.3) is 0 Å². The number of carbonyl (C=O) groups is 1. The molecular weight excluding hydrogens is 300 g/mol. The van der Waals surface area contributed by atoms with Gasteiger partial charge in [-0.1, -0.05) is 37.3 Å². The second-order valence-electron chi connectivity index (χ2n) is 5.76. The van der Waals surface area contributed by atoms with E-state index in [-0.39, 0.29) is 36.6 Å². The molecule has 1 amide bonds. The van der Waals surface area contributed by atoms with Gasteiger partial charge >= 0.3 is 0 Å². The van der Waals surface area contributed by atoms with Crippen molar-refractivity contribution >= 4 is 18.3 Å². The van der Waals surface area contributed by atoms with E-state index >= 15 is 0 Å². The van der Waals surface area contributed by atoms with Crippen molar-refractivity contribution in [3.8, 4) is 0 Å². The molecule has 1 heterocycles. The molecule has 22 heavy (non-hydrogen) atoms. The zero-order valence-corrected chi connectivity index (χ0v) is 14.2. The van der Waals surface area contributed by atoms with Crippen LogP contribution in [0.1, 0.15) is 31.7 Å². The Morgan fingerprint density at radius 1 is 1.36 bits per heavy atom. The van der Waals surface area contributed by atoms with Crippen LogP contribution in [0.5, 0.6) is 0 Å². The minimum Gasteiger partial charge on any atom is -0.364 e. The molecule has 5 heteroatoms. The summed E-state index contributed by atoms with van der Waals surface area (Å²) < 4.78 is 5.72. The van der Waals surface area contributed by atoms with Crippen LogP contribution in [0.4, 0.5) is 0 Å². The van der Waals surface area contributed by atoms with Crippen molar-refractivity contribution in [2.45, 2.75) is 50.9 Å². The molecule has 0 bridgehead atoms. The lowest BCUT2D eigenvalue weighted by Crippen LogP contribution is -2.44. The van der Waals surface area contributed by atoms with E-state index in [1.807, 2.05) is 30.1 Å². The maximum atomic E-state index is 12.6. The van der Waals surface area contributed by atoms with Gasteiger partial charge in [-0.15, -0.1) is 12.4 Å². The summed E-state index contributed by atoms with van der Waals surface area (Å²) in [5, 5.41) is 0. The summed E-state index contributed by atoms with van der Waals surface area (Å²) in [6, 6.07) is 10.5. The number of nitrogens with two attached hydrogens (primary N) is 1. The predicted octanol–water partition coefficient (Wildman–Crippen LogP) is 2.39. The Morgan fingerprint density at radius 3 is 2.59 bits per heavy atom. The van der Waals surface area contributed by atoms with Crippen molar-refractivity contribution in [3.63, 3.8) is 0 Å². The van der Waals surface area contributed by atoms with Crippen molar-refractivity contribution in [3.05, 3.63) is 35.9 Å². The molecule has 0 aromatic heterocycles. The van der Waals surface area contributed by atoms with Gasteiger partial charge < -0.3 is 15.4 Å². The Bertz CT molecular complexity index is 455. The molecule has 0 aliphatic carbocycles. The van der Waals surface area contributed by atoms with Gasteiger partial charge in [0.2, 0.25) is 0 Å². The first kappa shape index (κ1) is 18.9. The second-order valence-corrected chi connectivity index (χ2v) is 5.76. The van der Waals surface area contributed by atoms with Gasteiger partial charge in [-0.2, -0.15) is 0 Å². The summed E-state index contributed by atoms with van der Waals surface area (Å²) in [4.78, 5) is 14.4. The molecule has 4 nitrogen and oxygen atoms in total. The normalized spacial score (nSPS) is 22.0. The van der Waals surface area contributed by atoms with E-state index in [1.165, 1.54) is 5.56 Å². The molecule has 2 rings (SSSR count). The molecule has 1 aliphatic rings. The van der Waals surface area contributed by atoms with Gasteiger partial charge in [0.15, 0.2) is 0 Å². The van der Waals surface area contributed by atoms with Crippen LogP contribution < -0.4 is 5.73 Å². The highest BCUT2D eigenvalue weighted by Crippen LogP contribution is 2.22. The van der Waals surface area contributed by atoms with Gasteiger partial charge in [0.05, 0.1) is 6.10 Å². The molecule has 1 fully saturated rings. The number of benzene rings is 1. The zero-order chi connectivity index (χ0) is 15.2. The summed E-state index contributed by atoms with van der Waals surface area (Å²) in [5.41, 5.74) is 6.87. The standard InChI is InChI=1S/C17H26N2O2.ClH/c1-3-14(11-13-7-5-4-6-8-13)19(2)17(20)16-10-9-15(12-18)21-16;/h4-8,14-16H,3,9-12,18H2,1-2H3;1H/t14?,15-,16+;/m1./s1. The lowest BCUT2D eigenvalue weighted by atomic mass is 10.0. The lowest BCUT2D eigenvalue weighted by molar-refractivity contribution is -0.143. The molecule has 1 unspecified atom stereocenters. The number of ether oxygens (including phenoxy) is 1. The minimum absolute atomic E-state index is 0. The Morgan fingerprint density at radius 2 is 2.05 bits per heavy atom. The molecular formula is C17H27ClN2O2. The first-order valence-corrected chi connectivity index (χ1v) is 7.81. The summed E-state index contributed by atoms with van der Waals surface area (Å²) in [7, 11) is 1.89. The Labute approximate surface area is 139 Å². The van der Waals surface area contributed by atoms with Gasteiger partial charge in [-0.05, 0) is 31.2 Å². The smallest absolute Gasteiger partial charge is 0.251 e. The molecule has 0 saturated carbocycles. The van der Waals surface area contributed by atoms with Gasteiger partial charge in [0.1, 0.15) is 6.10 Å². The van der Waals surface area contributed by atoms with E-state index in [0.29, 0.717) is 6.54 Å². The zero-order valence-electron chi connectivity index (χ0n) is 13.4. The van der Waals surface area contributed by atoms with E-state index < -0.39 is 0 Å². The quantitative estimate of drug-likeness (QED) is 0.873. The van der Waals surface area contributed by atoms with Gasteiger partial charge in [-0.25, -0.2) is 0 Å². The van der Waals surface area contributed by atoms with Crippen LogP contribution in [0.3, 0.4) is 0 Å². The van der Waals surface area contributed by atoms with Crippen LogP contribution in [-0.2, 0) is 16.0 Å². The van der Waals surface area contributed by atoms with Crippen molar-refractivity contribution < 1.29 is 9.53 Å². The number of rotatable bonds is 6. The molecule has 2 N–H and O–H groups in total. The molecule has 124 valence electrons. The molecule has 1 aliphatic heterocycles. The summed E-state index contributed by atoms with van der Waals surface area (Å²) >= 11 is 0. The first-order valence-electron chi connectivity index (χ1n) is 7.81. The number of amides is 1. The van der Waals surface area contributed by atoms with Crippen LogP contribution in [0.2, 0.25) is 0 Å². The molecule has 0 spiro atoms. The van der Waals surface area contributed by atoms with E-state index in [1.54, 1.807) is 0 Å². The fraction of sp³-hybridized carbons (Fsp3) is 0.588. The van der Waals surface area contributed by atoms with Crippen molar-refractivity contribution in [1.82, 2.24) is 4.90 Å². The van der Waals surface area contributed by atoms with Crippen molar-refractivity contribution in [2.24, 2.45) is 5.73 Å². The maximum Gasteiger partial charge on any atom is 0.251 e. The summed E-state index contributed by atoms with van der Waals surface area (Å²) in [5.74, 6) is 0.0914. The highest BCUT2D eigenvalue weighted by Gasteiger charge is 2.33. The number of halogens is 1. The fourth-order valence-electron chi connectivity index (χ4n) is 2.91. The first-order chi connectivity index (χ1) is 10.2. The molecule has 1 saturated heterocycles. The number of carbonyl (C=O) groups excluding carboxylic acids is 1. The third-order valence-electron chi connectivity index (χ3n) is 4.33. The van der Waals surface area contributed by atoms with E-state index in [2.05, 4.69) is 19.1 Å². The van der Waals surface area contributed by atoms with E-state index in [9.17, 15) is 4.79 Å². The van der Waals surface area contributed by atoms with Crippen molar-refractivity contribution in [1.29, 1.82) is 0 Å². The minimum atomic E-state index is -0.312. The van der Waals surface area contributed by atoms with Gasteiger partial charge in [0, 0.05) is 19.6 Å². The second kappa shape index (κ2) is 9.13. The summed E-state index contributed by atoms with van der Waals surface area (Å²) in [6.07, 6.45) is 3.22. The number of hydrogen-bond donors (Lipinski definition) is 1. The van der Waals surface area contributed by atoms with E-state index in [4.69, 9.17) is 10.5 Å². The molecule has 3 atom stereocenters. The highest BCUT2D eigenvalue weighted by molar-refractivity contribution is 5.85. The molecule has 1 aromatic rings. The number of likely N-dealkylation sites (N-methyl/N-ethyl adjacent to an activating group) is 1. The number of hydrogen-bond acceptors (Lipinski definition) is 3. The monoisotopic (exact) mass is 326 g/mol. The largest absolute Gasteiger partial charge is 0.364 e. The molecule has 1 aromatic carbocycles. The molecule has 0 radical (unpaired) electrons. The topological polar surface area (TPSA) is 55.6 Å². The van der Waals surface area contributed by atoms with Gasteiger partial charge in [0.25, 0.3) is 5.91 Å². The number of nitrogens with zero attached hydrogens (tertiary/aromatic N) is 1. The Balaban J connectivity index is 0.00000242. The summed E-state index contributed by atoms with van der Waals surface area (Å²) in [6.45, 7) is 2.62. The fourth-order valence-corrected chi connectivity index (χ4v) is 2.91. The van der Waals surface area contributed by atoms with E-state index in [0.717, 1.165) is 25.7 Å². The average Bonchev–Trinajstić information content (AvgIpc) is 3.01. The third kappa shape index (κ3) is 4.70. The van der Waals surface area contributed by atoms with Crippen LogP contribution in [-0.4, -0.2) is 42.6 Å². The Hall–Kier alpha value is -1.10. The predicted molar refractivity (Wildman–Crippen MR) is 91.2 cm³/mol.